The largest absolute Gasteiger partial charge is 0.295 e. The fourth-order valence-electron chi connectivity index (χ4n) is 1.45. The number of carbonyl (C=O) groups is 1. The van der Waals surface area contributed by atoms with Crippen LogP contribution in [-0.2, 0) is 6.42 Å². The van der Waals surface area contributed by atoms with Gasteiger partial charge in [0.1, 0.15) is 0 Å². The molecule has 0 fully saturated rings. The van der Waals surface area contributed by atoms with Crippen molar-refractivity contribution in [1.29, 1.82) is 0 Å². The second kappa shape index (κ2) is 11.7. The average Bonchev–Trinajstić information content (AvgIpc) is 2.52. The Morgan fingerprint density at radius 3 is 1.75 bits per heavy atom. The van der Waals surface area contributed by atoms with Crippen LogP contribution in [0.5, 0.6) is 0 Å². The van der Waals surface area contributed by atoms with Crippen molar-refractivity contribution in [2.45, 2.75) is 13.3 Å². The zero-order valence-electron chi connectivity index (χ0n) is 12.1. The molecule has 20 heavy (non-hydrogen) atoms. The third-order valence-corrected chi connectivity index (χ3v) is 2.40. The number of rotatable bonds is 3. The van der Waals surface area contributed by atoms with Gasteiger partial charge in [-0.3, -0.25) is 4.79 Å². The monoisotopic (exact) mass is 266 g/mol. The highest BCUT2D eigenvalue weighted by molar-refractivity contribution is 5.93. The summed E-state index contributed by atoms with van der Waals surface area (Å²) < 4.78 is 0. The zero-order valence-corrected chi connectivity index (χ0v) is 12.1. The fraction of sp³-hybridized carbons (Fsp3) is 0.105. The Labute approximate surface area is 122 Å². The SMILES string of the molecule is C=C.C=CCc1ccccc1.CC(=O)c1ccccc1. The molecule has 2 aromatic rings. The molecular formula is C19H22O. The Hall–Kier alpha value is -2.41. The van der Waals surface area contributed by atoms with E-state index >= 15 is 0 Å². The van der Waals surface area contributed by atoms with Crippen molar-refractivity contribution < 1.29 is 4.79 Å². The molecule has 1 nitrogen and oxygen atoms in total. The van der Waals surface area contributed by atoms with E-state index < -0.39 is 0 Å². The van der Waals surface area contributed by atoms with Crippen LogP contribution in [0.25, 0.3) is 0 Å². The van der Waals surface area contributed by atoms with Gasteiger partial charge in [0.15, 0.2) is 5.78 Å². The molecule has 2 rings (SSSR count). The van der Waals surface area contributed by atoms with Crippen LogP contribution in [0.3, 0.4) is 0 Å². The molecule has 104 valence electrons. The molecule has 0 unspecified atom stereocenters. The van der Waals surface area contributed by atoms with Crippen molar-refractivity contribution in [3.63, 3.8) is 0 Å². The van der Waals surface area contributed by atoms with E-state index in [-0.39, 0.29) is 5.78 Å². The third kappa shape index (κ3) is 7.83. The fourth-order valence-corrected chi connectivity index (χ4v) is 1.45. The molecule has 0 bridgehead atoms. The molecule has 0 heterocycles. The van der Waals surface area contributed by atoms with Gasteiger partial charge in [0.2, 0.25) is 0 Å². The smallest absolute Gasteiger partial charge is 0.159 e. The maximum atomic E-state index is 10.6. The first-order chi connectivity index (χ1) is 9.74. The lowest BCUT2D eigenvalue weighted by Crippen LogP contribution is -1.88. The van der Waals surface area contributed by atoms with Crippen LogP contribution in [0.4, 0.5) is 0 Å². The van der Waals surface area contributed by atoms with Crippen molar-refractivity contribution in [2.24, 2.45) is 0 Å². The number of benzene rings is 2. The van der Waals surface area contributed by atoms with E-state index in [0.717, 1.165) is 12.0 Å². The lowest BCUT2D eigenvalue weighted by molar-refractivity contribution is 0.101. The summed E-state index contributed by atoms with van der Waals surface area (Å²) in [6.07, 6.45) is 2.89. The summed E-state index contributed by atoms with van der Waals surface area (Å²) in [7, 11) is 0. The van der Waals surface area contributed by atoms with Gasteiger partial charge < -0.3 is 0 Å². The van der Waals surface area contributed by atoms with E-state index in [1.165, 1.54) is 5.56 Å². The van der Waals surface area contributed by atoms with Crippen LogP contribution in [-0.4, -0.2) is 5.78 Å². The molecule has 0 amide bonds. The van der Waals surface area contributed by atoms with Gasteiger partial charge >= 0.3 is 0 Å². The van der Waals surface area contributed by atoms with Gasteiger partial charge in [0.05, 0.1) is 0 Å². The van der Waals surface area contributed by atoms with E-state index in [4.69, 9.17) is 0 Å². The standard InChI is InChI=1S/C9H10.C8H8O.C2H4/c1-2-6-9-7-4-3-5-8-9;1-7(9)8-5-3-2-4-6-8;1-2/h2-5,7-8H,1,6H2;2-6H,1H3;1-2H2. The van der Waals surface area contributed by atoms with E-state index in [2.05, 4.69) is 31.9 Å². The molecule has 0 saturated heterocycles. The molecule has 0 atom stereocenters. The predicted molar refractivity (Wildman–Crippen MR) is 88.0 cm³/mol. The molecule has 0 aliphatic carbocycles. The summed E-state index contributed by atoms with van der Waals surface area (Å²) in [6.45, 7) is 11.2. The van der Waals surface area contributed by atoms with Gasteiger partial charge in [-0.2, -0.15) is 0 Å². The first-order valence-electron chi connectivity index (χ1n) is 6.45. The Bertz CT molecular complexity index is 486. The van der Waals surface area contributed by atoms with Gasteiger partial charge in [0, 0.05) is 5.56 Å². The number of carbonyl (C=O) groups excluding carboxylic acids is 1. The molecular weight excluding hydrogens is 244 g/mol. The van der Waals surface area contributed by atoms with E-state index in [1.54, 1.807) is 6.92 Å². The molecule has 0 aliphatic rings. The number of Topliss-reactive ketones (excluding diaryl/α,β-unsaturated/α-hetero) is 1. The van der Waals surface area contributed by atoms with Gasteiger partial charge in [-0.1, -0.05) is 66.7 Å². The van der Waals surface area contributed by atoms with E-state index in [1.807, 2.05) is 54.6 Å². The molecule has 0 spiro atoms. The summed E-state index contributed by atoms with van der Waals surface area (Å²) in [5.41, 5.74) is 2.10. The normalized spacial score (nSPS) is 8.25. The first kappa shape index (κ1) is 17.6. The molecule has 0 saturated carbocycles. The molecule has 2 aromatic carbocycles. The maximum absolute atomic E-state index is 10.6. The van der Waals surface area contributed by atoms with Crippen LogP contribution in [0, 0.1) is 0 Å². The lowest BCUT2D eigenvalue weighted by Gasteiger charge is -1.91. The summed E-state index contributed by atoms with van der Waals surface area (Å²) in [4.78, 5) is 10.6. The summed E-state index contributed by atoms with van der Waals surface area (Å²) in [6, 6.07) is 19.5. The van der Waals surface area contributed by atoms with E-state index in [0.29, 0.717) is 0 Å². The number of hydrogen-bond donors (Lipinski definition) is 0. The van der Waals surface area contributed by atoms with Crippen molar-refractivity contribution in [3.8, 4) is 0 Å². The quantitative estimate of drug-likeness (QED) is 0.557. The van der Waals surface area contributed by atoms with Crippen LogP contribution in [0.2, 0.25) is 0 Å². The number of ketones is 1. The predicted octanol–water partition coefficient (Wildman–Crippen LogP) is 5.11. The Kier molecular flexibility index (Phi) is 10.3. The lowest BCUT2D eigenvalue weighted by atomic mass is 10.2. The van der Waals surface area contributed by atoms with Crippen LogP contribution in [0.15, 0.2) is 86.5 Å². The molecule has 1 heteroatoms. The Balaban J connectivity index is 0.000000321. The third-order valence-electron chi connectivity index (χ3n) is 2.40. The summed E-state index contributed by atoms with van der Waals surface area (Å²) in [5.74, 6) is 0.121. The number of hydrogen-bond acceptors (Lipinski definition) is 1. The average molecular weight is 266 g/mol. The minimum atomic E-state index is 0.121. The van der Waals surface area contributed by atoms with Gasteiger partial charge in [-0.25, -0.2) is 0 Å². The van der Waals surface area contributed by atoms with Crippen LogP contribution >= 0.6 is 0 Å². The second-order valence-electron chi connectivity index (χ2n) is 3.90. The van der Waals surface area contributed by atoms with Crippen molar-refractivity contribution in [1.82, 2.24) is 0 Å². The highest BCUT2D eigenvalue weighted by Crippen LogP contribution is 1.98. The second-order valence-corrected chi connectivity index (χ2v) is 3.90. The van der Waals surface area contributed by atoms with E-state index in [9.17, 15) is 4.79 Å². The maximum Gasteiger partial charge on any atom is 0.159 e. The Morgan fingerprint density at radius 2 is 1.40 bits per heavy atom. The van der Waals surface area contributed by atoms with Crippen LogP contribution < -0.4 is 0 Å². The highest BCUT2D eigenvalue weighted by atomic mass is 16.1. The van der Waals surface area contributed by atoms with Crippen LogP contribution in [0.1, 0.15) is 22.8 Å². The van der Waals surface area contributed by atoms with Crippen molar-refractivity contribution >= 4 is 5.78 Å². The molecule has 0 N–H and O–H groups in total. The van der Waals surface area contributed by atoms with Gasteiger partial charge in [-0.05, 0) is 18.9 Å². The first-order valence-corrected chi connectivity index (χ1v) is 6.45. The topological polar surface area (TPSA) is 17.1 Å². The van der Waals surface area contributed by atoms with Crippen molar-refractivity contribution in [2.75, 3.05) is 0 Å². The van der Waals surface area contributed by atoms with Gasteiger partial charge in [0.25, 0.3) is 0 Å². The Morgan fingerprint density at radius 1 is 0.950 bits per heavy atom. The molecule has 0 radical (unpaired) electrons. The molecule has 0 aliphatic heterocycles. The summed E-state index contributed by atoms with van der Waals surface area (Å²) in [5, 5.41) is 0. The van der Waals surface area contributed by atoms with Gasteiger partial charge in [-0.15, -0.1) is 19.7 Å². The van der Waals surface area contributed by atoms with Crippen molar-refractivity contribution in [3.05, 3.63) is 97.6 Å². The number of allylic oxidation sites excluding steroid dienone is 1. The zero-order chi connectivity index (χ0) is 15.2. The molecule has 0 aromatic heterocycles. The minimum absolute atomic E-state index is 0.121. The highest BCUT2D eigenvalue weighted by Gasteiger charge is 1.92. The minimum Gasteiger partial charge on any atom is -0.295 e. The summed E-state index contributed by atoms with van der Waals surface area (Å²) >= 11 is 0.